The Kier molecular flexibility index (Phi) is 3.63. The molecular formula is C13H19N3. The van der Waals surface area contributed by atoms with Crippen LogP contribution in [0.1, 0.15) is 19.2 Å². The van der Waals surface area contributed by atoms with Gasteiger partial charge in [-0.05, 0) is 26.3 Å². The molecule has 0 unspecified atom stereocenters. The highest BCUT2D eigenvalue weighted by Crippen LogP contribution is 2.19. The van der Waals surface area contributed by atoms with Gasteiger partial charge in [-0.15, -0.1) is 5.92 Å². The number of hydrogen-bond acceptors (Lipinski definition) is 2. The maximum absolute atomic E-state index is 4.35. The lowest BCUT2D eigenvalue weighted by Gasteiger charge is -2.27. The van der Waals surface area contributed by atoms with Crippen LogP contribution in [0.15, 0.2) is 12.4 Å². The molecule has 2 heterocycles. The van der Waals surface area contributed by atoms with Crippen molar-refractivity contribution in [2.75, 3.05) is 20.1 Å². The van der Waals surface area contributed by atoms with E-state index in [2.05, 4.69) is 39.5 Å². The fourth-order valence-electron chi connectivity index (χ4n) is 2.31. The van der Waals surface area contributed by atoms with Crippen molar-refractivity contribution < 1.29 is 0 Å². The number of hydrogen-bond donors (Lipinski definition) is 0. The van der Waals surface area contributed by atoms with Gasteiger partial charge >= 0.3 is 0 Å². The van der Waals surface area contributed by atoms with Gasteiger partial charge in [-0.1, -0.05) is 5.92 Å². The van der Waals surface area contributed by atoms with Crippen molar-refractivity contribution in [2.24, 2.45) is 5.92 Å². The van der Waals surface area contributed by atoms with Gasteiger partial charge in [0, 0.05) is 31.9 Å². The molecule has 3 heteroatoms. The van der Waals surface area contributed by atoms with Crippen molar-refractivity contribution in [3.8, 4) is 11.8 Å². The van der Waals surface area contributed by atoms with Gasteiger partial charge < -0.3 is 4.57 Å². The SMILES string of the molecule is CC#CCN(C)C[C@H]1CCc2nccn2C1. The van der Waals surface area contributed by atoms with Gasteiger partial charge in [0.2, 0.25) is 0 Å². The molecule has 0 amide bonds. The van der Waals surface area contributed by atoms with E-state index in [1.807, 2.05) is 13.1 Å². The van der Waals surface area contributed by atoms with E-state index in [1.54, 1.807) is 0 Å². The standard InChI is InChI=1S/C13H19N3/c1-3-4-8-15(2)10-12-5-6-13-14-7-9-16(13)11-12/h7,9,12H,5-6,8,10-11H2,1-2H3/t12-/m1/s1. The summed E-state index contributed by atoms with van der Waals surface area (Å²) in [5.41, 5.74) is 0. The Bertz CT molecular complexity index is 397. The third-order valence-electron chi connectivity index (χ3n) is 3.13. The lowest BCUT2D eigenvalue weighted by Crippen LogP contribution is -2.31. The fraction of sp³-hybridized carbons (Fsp3) is 0.615. The van der Waals surface area contributed by atoms with Gasteiger partial charge in [-0.2, -0.15) is 0 Å². The Morgan fingerprint density at radius 2 is 2.50 bits per heavy atom. The molecule has 0 aliphatic carbocycles. The molecule has 0 bridgehead atoms. The molecule has 0 saturated carbocycles. The van der Waals surface area contributed by atoms with Crippen molar-refractivity contribution >= 4 is 0 Å². The van der Waals surface area contributed by atoms with Gasteiger partial charge in [0.05, 0.1) is 6.54 Å². The molecule has 1 aliphatic rings. The van der Waals surface area contributed by atoms with Gasteiger partial charge in [0.15, 0.2) is 0 Å². The van der Waals surface area contributed by atoms with Crippen LogP contribution in [0.2, 0.25) is 0 Å². The Morgan fingerprint density at radius 3 is 3.31 bits per heavy atom. The van der Waals surface area contributed by atoms with Crippen LogP contribution in [0.25, 0.3) is 0 Å². The van der Waals surface area contributed by atoms with Crippen LogP contribution in [0.3, 0.4) is 0 Å². The zero-order valence-electron chi connectivity index (χ0n) is 10.1. The van der Waals surface area contributed by atoms with Crippen molar-refractivity contribution in [3.63, 3.8) is 0 Å². The number of rotatable bonds is 3. The molecular weight excluding hydrogens is 198 g/mol. The van der Waals surface area contributed by atoms with Crippen LogP contribution in [0.4, 0.5) is 0 Å². The van der Waals surface area contributed by atoms with Crippen LogP contribution in [0, 0.1) is 17.8 Å². The first-order valence-electron chi connectivity index (χ1n) is 5.87. The van der Waals surface area contributed by atoms with Crippen molar-refractivity contribution in [2.45, 2.75) is 26.3 Å². The average molecular weight is 217 g/mol. The molecule has 3 nitrogen and oxygen atoms in total. The summed E-state index contributed by atoms with van der Waals surface area (Å²) in [5.74, 6) is 8.03. The molecule has 2 rings (SSSR count). The molecule has 0 saturated heterocycles. The van der Waals surface area contributed by atoms with Gasteiger partial charge in [0.1, 0.15) is 5.82 Å². The number of nitrogens with zero attached hydrogens (tertiary/aromatic N) is 3. The van der Waals surface area contributed by atoms with E-state index in [9.17, 15) is 0 Å². The summed E-state index contributed by atoms with van der Waals surface area (Å²) in [6.45, 7) is 5.02. The predicted octanol–water partition coefficient (Wildman–Crippen LogP) is 1.40. The van der Waals surface area contributed by atoms with Crippen LogP contribution in [-0.2, 0) is 13.0 Å². The number of fused-ring (bicyclic) bond motifs is 1. The van der Waals surface area contributed by atoms with Crippen molar-refractivity contribution in [3.05, 3.63) is 18.2 Å². The van der Waals surface area contributed by atoms with Crippen LogP contribution < -0.4 is 0 Å². The largest absolute Gasteiger partial charge is 0.335 e. The third kappa shape index (κ3) is 2.65. The molecule has 1 aromatic rings. The zero-order valence-corrected chi connectivity index (χ0v) is 10.1. The summed E-state index contributed by atoms with van der Waals surface area (Å²) >= 11 is 0. The Morgan fingerprint density at radius 1 is 1.62 bits per heavy atom. The minimum absolute atomic E-state index is 0.741. The molecule has 1 aliphatic heterocycles. The Labute approximate surface area is 97.5 Å². The van der Waals surface area contributed by atoms with Gasteiger partial charge in [-0.25, -0.2) is 4.98 Å². The second kappa shape index (κ2) is 5.18. The van der Waals surface area contributed by atoms with E-state index in [4.69, 9.17) is 0 Å². The van der Waals surface area contributed by atoms with E-state index >= 15 is 0 Å². The minimum atomic E-state index is 0.741. The van der Waals surface area contributed by atoms with E-state index in [0.29, 0.717) is 0 Å². The highest BCUT2D eigenvalue weighted by molar-refractivity contribution is 4.99. The summed E-state index contributed by atoms with van der Waals surface area (Å²) in [6.07, 6.45) is 6.36. The van der Waals surface area contributed by atoms with E-state index in [-0.39, 0.29) is 0 Å². The minimum Gasteiger partial charge on any atom is -0.335 e. The topological polar surface area (TPSA) is 21.1 Å². The highest BCUT2D eigenvalue weighted by atomic mass is 15.1. The van der Waals surface area contributed by atoms with Crippen molar-refractivity contribution in [1.82, 2.24) is 14.5 Å². The quantitative estimate of drug-likeness (QED) is 0.714. The second-order valence-electron chi connectivity index (χ2n) is 4.52. The monoisotopic (exact) mass is 217 g/mol. The molecule has 1 atom stereocenters. The lowest BCUT2D eigenvalue weighted by atomic mass is 9.99. The Hall–Kier alpha value is -1.27. The summed E-state index contributed by atoms with van der Waals surface area (Å²) in [4.78, 5) is 6.66. The molecule has 0 aromatic carbocycles. The molecule has 0 N–H and O–H groups in total. The number of aryl methyl sites for hydroxylation is 1. The predicted molar refractivity (Wildman–Crippen MR) is 65.0 cm³/mol. The average Bonchev–Trinajstić information content (AvgIpc) is 2.73. The number of imidazole rings is 1. The van der Waals surface area contributed by atoms with Gasteiger partial charge in [-0.3, -0.25) is 4.90 Å². The first-order valence-corrected chi connectivity index (χ1v) is 5.87. The number of aromatic nitrogens is 2. The molecule has 0 fully saturated rings. The third-order valence-corrected chi connectivity index (χ3v) is 3.13. The normalized spacial score (nSPS) is 19.1. The van der Waals surface area contributed by atoms with Gasteiger partial charge in [0.25, 0.3) is 0 Å². The van der Waals surface area contributed by atoms with Crippen molar-refractivity contribution in [1.29, 1.82) is 0 Å². The van der Waals surface area contributed by atoms with Crippen LogP contribution in [0.5, 0.6) is 0 Å². The first-order chi connectivity index (χ1) is 7.79. The highest BCUT2D eigenvalue weighted by Gasteiger charge is 2.19. The van der Waals surface area contributed by atoms with E-state index in [0.717, 1.165) is 32.0 Å². The molecule has 86 valence electrons. The van der Waals surface area contributed by atoms with E-state index < -0.39 is 0 Å². The summed E-state index contributed by atoms with van der Waals surface area (Å²) in [7, 11) is 2.15. The van der Waals surface area contributed by atoms with Crippen LogP contribution in [-0.4, -0.2) is 34.6 Å². The first kappa shape index (κ1) is 11.2. The summed E-state index contributed by atoms with van der Waals surface area (Å²) < 4.78 is 2.29. The maximum atomic E-state index is 4.35. The summed E-state index contributed by atoms with van der Waals surface area (Å²) in [5, 5.41) is 0. The molecule has 1 aromatic heterocycles. The fourth-order valence-corrected chi connectivity index (χ4v) is 2.31. The maximum Gasteiger partial charge on any atom is 0.108 e. The molecule has 0 radical (unpaired) electrons. The van der Waals surface area contributed by atoms with Crippen LogP contribution >= 0.6 is 0 Å². The molecule has 0 spiro atoms. The Balaban J connectivity index is 1.86. The second-order valence-corrected chi connectivity index (χ2v) is 4.52. The molecule has 16 heavy (non-hydrogen) atoms. The lowest BCUT2D eigenvalue weighted by molar-refractivity contribution is 0.252. The smallest absolute Gasteiger partial charge is 0.108 e. The zero-order chi connectivity index (χ0) is 11.4. The van der Waals surface area contributed by atoms with E-state index in [1.165, 1.54) is 12.2 Å². The summed E-state index contributed by atoms with van der Waals surface area (Å²) in [6, 6.07) is 0.